The van der Waals surface area contributed by atoms with E-state index in [1.807, 2.05) is 17.0 Å². The number of allylic oxidation sites excluding steroid dienone is 1. The lowest BCUT2D eigenvalue weighted by atomic mass is 9.77. The number of carbonyl (C=O) groups excluding carboxylic acids is 1. The van der Waals surface area contributed by atoms with E-state index in [0.29, 0.717) is 18.7 Å². The number of rotatable bonds is 6. The lowest BCUT2D eigenvalue weighted by Crippen LogP contribution is -2.47. The van der Waals surface area contributed by atoms with Crippen LogP contribution in [0.4, 0.5) is 0 Å². The van der Waals surface area contributed by atoms with Crippen LogP contribution in [0.1, 0.15) is 35.4 Å². The predicted molar refractivity (Wildman–Crippen MR) is 94.3 cm³/mol. The molecule has 0 spiro atoms. The smallest absolute Gasteiger partial charge is 0.257 e. The van der Waals surface area contributed by atoms with E-state index < -0.39 is 0 Å². The molecule has 1 atom stereocenters. The van der Waals surface area contributed by atoms with E-state index in [-0.39, 0.29) is 17.9 Å². The average Bonchev–Trinajstić information content (AvgIpc) is 3.11. The van der Waals surface area contributed by atoms with Crippen molar-refractivity contribution in [1.29, 1.82) is 0 Å². The Morgan fingerprint density at radius 1 is 1.36 bits per heavy atom. The highest BCUT2D eigenvalue weighted by Gasteiger charge is 2.36. The molecule has 0 radical (unpaired) electrons. The zero-order valence-corrected chi connectivity index (χ0v) is 14.8. The summed E-state index contributed by atoms with van der Waals surface area (Å²) in [7, 11) is 0. The largest absolute Gasteiger partial charge is 0.467 e. The molecule has 6 nitrogen and oxygen atoms in total. The van der Waals surface area contributed by atoms with Crippen LogP contribution >= 0.6 is 0 Å². The number of carbonyl (C=O) groups is 1. The molecule has 1 aromatic rings. The molecule has 6 heteroatoms. The summed E-state index contributed by atoms with van der Waals surface area (Å²) < 4.78 is 11.0. The Labute approximate surface area is 149 Å². The Kier molecular flexibility index (Phi) is 5.93. The van der Waals surface area contributed by atoms with Gasteiger partial charge in [-0.1, -0.05) is 6.08 Å². The first-order valence-electron chi connectivity index (χ1n) is 9.04. The highest BCUT2D eigenvalue weighted by molar-refractivity contribution is 5.94. The quantitative estimate of drug-likeness (QED) is 0.796. The fourth-order valence-corrected chi connectivity index (χ4v) is 3.79. The summed E-state index contributed by atoms with van der Waals surface area (Å²) in [6, 6.07) is 1.85. The number of ether oxygens (including phenoxy) is 1. The number of nitrogens with zero attached hydrogens (tertiary/aromatic N) is 2. The second-order valence-electron chi connectivity index (χ2n) is 7.17. The Balaban J connectivity index is 1.63. The summed E-state index contributed by atoms with van der Waals surface area (Å²) in [5, 5.41) is 9.81. The number of furan rings is 1. The molecule has 1 amide bonds. The van der Waals surface area contributed by atoms with Crippen LogP contribution in [-0.2, 0) is 11.3 Å². The highest BCUT2D eigenvalue weighted by atomic mass is 16.5. The van der Waals surface area contributed by atoms with Gasteiger partial charge in [0.05, 0.1) is 31.9 Å². The lowest BCUT2D eigenvalue weighted by molar-refractivity contribution is 0.0284. The van der Waals surface area contributed by atoms with Crippen LogP contribution in [0.5, 0.6) is 0 Å². The van der Waals surface area contributed by atoms with Crippen molar-refractivity contribution in [2.24, 2.45) is 5.41 Å². The number of piperidine rings is 1. The van der Waals surface area contributed by atoms with Gasteiger partial charge < -0.3 is 19.2 Å². The van der Waals surface area contributed by atoms with Crippen LogP contribution in [0.2, 0.25) is 0 Å². The summed E-state index contributed by atoms with van der Waals surface area (Å²) in [5.74, 6) is 0.792. The number of hydrogen-bond donors (Lipinski definition) is 1. The van der Waals surface area contributed by atoms with Crippen molar-refractivity contribution in [3.8, 4) is 0 Å². The van der Waals surface area contributed by atoms with E-state index in [9.17, 15) is 9.90 Å². The molecule has 0 saturated carbocycles. The zero-order valence-electron chi connectivity index (χ0n) is 14.8. The van der Waals surface area contributed by atoms with Crippen LogP contribution in [0.3, 0.4) is 0 Å². The van der Waals surface area contributed by atoms with Crippen LogP contribution in [0.15, 0.2) is 29.4 Å². The summed E-state index contributed by atoms with van der Waals surface area (Å²) in [6.07, 6.45) is 5.94. The second kappa shape index (κ2) is 8.17. The molecule has 2 aliphatic heterocycles. The number of aliphatic hydroxyl groups is 1. The first-order chi connectivity index (χ1) is 12.2. The third-order valence-corrected chi connectivity index (χ3v) is 5.25. The van der Waals surface area contributed by atoms with Crippen molar-refractivity contribution < 1.29 is 19.1 Å². The summed E-state index contributed by atoms with van der Waals surface area (Å²) in [6.45, 7) is 9.12. The fourth-order valence-electron chi connectivity index (χ4n) is 3.79. The number of likely N-dealkylation sites (tertiary alicyclic amines) is 1. The second-order valence-corrected chi connectivity index (χ2v) is 7.17. The predicted octanol–water partition coefficient (Wildman–Crippen LogP) is 1.90. The van der Waals surface area contributed by atoms with Gasteiger partial charge in [-0.3, -0.25) is 9.69 Å². The lowest BCUT2D eigenvalue weighted by Gasteiger charge is -2.41. The molecule has 2 fully saturated rings. The molecule has 3 rings (SSSR count). The molecule has 0 aromatic carbocycles. The maximum absolute atomic E-state index is 12.8. The van der Waals surface area contributed by atoms with Gasteiger partial charge in [0.15, 0.2) is 0 Å². The minimum Gasteiger partial charge on any atom is -0.467 e. The van der Waals surface area contributed by atoms with E-state index in [1.165, 1.54) is 0 Å². The normalized spacial score (nSPS) is 25.1. The van der Waals surface area contributed by atoms with Crippen LogP contribution in [0.25, 0.3) is 0 Å². The average molecular weight is 348 g/mol. The molecule has 1 unspecified atom stereocenters. The molecule has 3 heterocycles. The monoisotopic (exact) mass is 348 g/mol. The van der Waals surface area contributed by atoms with Crippen molar-refractivity contribution in [2.75, 3.05) is 46.0 Å². The van der Waals surface area contributed by atoms with Gasteiger partial charge in [-0.2, -0.15) is 0 Å². The third kappa shape index (κ3) is 4.32. The Bertz CT molecular complexity index is 594. The van der Waals surface area contributed by atoms with Crippen LogP contribution in [0, 0.1) is 5.41 Å². The molecule has 2 saturated heterocycles. The molecule has 2 aliphatic rings. The number of aliphatic hydroxyl groups excluding tert-OH is 1. The molecule has 25 heavy (non-hydrogen) atoms. The maximum atomic E-state index is 12.8. The SMILES string of the molecule is C=CCC1(CO)CCCN(C(=O)c2coc(CN3CCOCC3)c2)C1. The van der Waals surface area contributed by atoms with E-state index in [0.717, 1.165) is 57.9 Å². The topological polar surface area (TPSA) is 66.2 Å². The number of morpholine rings is 1. The molecule has 0 bridgehead atoms. The molecule has 1 N–H and O–H groups in total. The van der Waals surface area contributed by atoms with Gasteiger partial charge in [0.1, 0.15) is 12.0 Å². The van der Waals surface area contributed by atoms with Crippen molar-refractivity contribution in [2.45, 2.75) is 25.8 Å². The van der Waals surface area contributed by atoms with E-state index in [4.69, 9.17) is 9.15 Å². The van der Waals surface area contributed by atoms with Crippen LogP contribution in [-0.4, -0.2) is 66.8 Å². The standard InChI is InChI=1S/C19H28N2O4/c1-2-4-19(15-22)5-3-6-21(14-19)18(23)16-11-17(25-13-16)12-20-7-9-24-10-8-20/h2,11,13,22H,1,3-10,12,14-15H2. The van der Waals surface area contributed by atoms with Crippen molar-refractivity contribution in [3.05, 3.63) is 36.3 Å². The zero-order chi connectivity index (χ0) is 17.7. The Morgan fingerprint density at radius 2 is 2.16 bits per heavy atom. The van der Waals surface area contributed by atoms with Crippen molar-refractivity contribution in [1.82, 2.24) is 9.80 Å². The van der Waals surface area contributed by atoms with Crippen molar-refractivity contribution >= 4 is 5.91 Å². The summed E-state index contributed by atoms with van der Waals surface area (Å²) in [5.41, 5.74) is 0.339. The van der Waals surface area contributed by atoms with Crippen molar-refractivity contribution in [3.63, 3.8) is 0 Å². The van der Waals surface area contributed by atoms with E-state index in [2.05, 4.69) is 11.5 Å². The third-order valence-electron chi connectivity index (χ3n) is 5.25. The van der Waals surface area contributed by atoms with Gasteiger partial charge in [0, 0.05) is 31.6 Å². The first kappa shape index (κ1) is 18.2. The first-order valence-corrected chi connectivity index (χ1v) is 9.04. The van der Waals surface area contributed by atoms with Gasteiger partial charge in [0.25, 0.3) is 5.91 Å². The van der Waals surface area contributed by atoms with Gasteiger partial charge >= 0.3 is 0 Å². The summed E-state index contributed by atoms with van der Waals surface area (Å²) >= 11 is 0. The van der Waals surface area contributed by atoms with Crippen LogP contribution < -0.4 is 0 Å². The fraction of sp³-hybridized carbons (Fsp3) is 0.632. The highest BCUT2D eigenvalue weighted by Crippen LogP contribution is 2.34. The molecule has 1 aromatic heterocycles. The Hall–Kier alpha value is -1.63. The van der Waals surface area contributed by atoms with Gasteiger partial charge in [-0.15, -0.1) is 6.58 Å². The minimum absolute atomic E-state index is 0.0152. The minimum atomic E-state index is -0.254. The summed E-state index contributed by atoms with van der Waals surface area (Å²) in [4.78, 5) is 16.9. The van der Waals surface area contributed by atoms with Gasteiger partial charge in [-0.25, -0.2) is 0 Å². The Morgan fingerprint density at radius 3 is 2.88 bits per heavy atom. The number of amides is 1. The van der Waals surface area contributed by atoms with Gasteiger partial charge in [0.2, 0.25) is 0 Å². The number of hydrogen-bond acceptors (Lipinski definition) is 5. The molecular weight excluding hydrogens is 320 g/mol. The van der Waals surface area contributed by atoms with Gasteiger partial charge in [-0.05, 0) is 25.3 Å². The molecular formula is C19H28N2O4. The molecule has 138 valence electrons. The van der Waals surface area contributed by atoms with E-state index >= 15 is 0 Å². The maximum Gasteiger partial charge on any atom is 0.257 e. The van der Waals surface area contributed by atoms with E-state index in [1.54, 1.807) is 6.26 Å². The molecule has 0 aliphatic carbocycles.